The van der Waals surface area contributed by atoms with Crippen molar-refractivity contribution in [2.45, 2.75) is 39.3 Å². The molecule has 0 bridgehead atoms. The van der Waals surface area contributed by atoms with Crippen LogP contribution in [0, 0.1) is 13.8 Å². The van der Waals surface area contributed by atoms with Gasteiger partial charge in [0.1, 0.15) is 15.8 Å². The van der Waals surface area contributed by atoms with E-state index in [1.54, 1.807) is 17.2 Å². The molecule has 2 aliphatic heterocycles. The van der Waals surface area contributed by atoms with E-state index in [9.17, 15) is 9.59 Å². The molecule has 1 N–H and O–H groups in total. The Kier molecular flexibility index (Phi) is 6.73. The van der Waals surface area contributed by atoms with Gasteiger partial charge in [-0.05, 0) is 50.0 Å². The largest absolute Gasteiger partial charge is 0.376 e. The zero-order valence-electron chi connectivity index (χ0n) is 19.6. The lowest BCUT2D eigenvalue weighted by atomic mass is 10.1. The standard InChI is InChI=1S/C26H26N4O3S2/c1-16-7-9-18(10-8-16)15-30-25(32)21(35-26(30)34)13-20-22(27-14-19-6-4-12-33-19)28-23-17(2)5-3-11-29(23)24(20)31/h3,5,7-11,13,19,27H,4,6,12,14-15H2,1-2H3/b21-13-. The van der Waals surface area contributed by atoms with Gasteiger partial charge in [-0.25, -0.2) is 4.98 Å². The minimum atomic E-state index is -0.239. The number of ether oxygens (including phenoxy) is 1. The van der Waals surface area contributed by atoms with Crippen LogP contribution in [-0.4, -0.2) is 43.8 Å². The van der Waals surface area contributed by atoms with E-state index in [-0.39, 0.29) is 17.6 Å². The lowest BCUT2D eigenvalue weighted by Crippen LogP contribution is -2.27. The second-order valence-corrected chi connectivity index (χ2v) is 10.5. The van der Waals surface area contributed by atoms with E-state index in [0.717, 1.165) is 36.1 Å². The van der Waals surface area contributed by atoms with E-state index < -0.39 is 0 Å². The van der Waals surface area contributed by atoms with E-state index in [0.29, 0.717) is 39.3 Å². The SMILES string of the molecule is Cc1ccc(CN2C(=O)/C(=C/c3c(NCC4CCCO4)nc4c(C)cccn4c3=O)SC2=S)cc1. The lowest BCUT2D eigenvalue weighted by molar-refractivity contribution is -0.122. The van der Waals surface area contributed by atoms with Crippen molar-refractivity contribution in [2.24, 2.45) is 0 Å². The number of fused-ring (bicyclic) bond motifs is 1. The highest BCUT2D eigenvalue weighted by Crippen LogP contribution is 2.34. The van der Waals surface area contributed by atoms with Crippen molar-refractivity contribution in [3.05, 3.63) is 80.1 Å². The van der Waals surface area contributed by atoms with Crippen LogP contribution in [0.3, 0.4) is 0 Å². The van der Waals surface area contributed by atoms with E-state index in [1.165, 1.54) is 16.2 Å². The number of anilines is 1. The normalized spacial score (nSPS) is 19.3. The average Bonchev–Trinajstić information content (AvgIpc) is 3.45. The van der Waals surface area contributed by atoms with Crippen molar-refractivity contribution < 1.29 is 9.53 Å². The highest BCUT2D eigenvalue weighted by atomic mass is 32.2. The average molecular weight is 507 g/mol. The van der Waals surface area contributed by atoms with Crippen LogP contribution in [0.4, 0.5) is 5.82 Å². The Morgan fingerprint density at radius 2 is 2.03 bits per heavy atom. The highest BCUT2D eigenvalue weighted by Gasteiger charge is 2.33. The highest BCUT2D eigenvalue weighted by molar-refractivity contribution is 8.26. The second-order valence-electron chi connectivity index (χ2n) is 8.83. The minimum Gasteiger partial charge on any atom is -0.376 e. The van der Waals surface area contributed by atoms with Crippen LogP contribution in [0.5, 0.6) is 0 Å². The van der Waals surface area contributed by atoms with Crippen LogP contribution in [0.25, 0.3) is 11.7 Å². The van der Waals surface area contributed by atoms with E-state index >= 15 is 0 Å². The van der Waals surface area contributed by atoms with Gasteiger partial charge in [-0.2, -0.15) is 0 Å². The van der Waals surface area contributed by atoms with Crippen LogP contribution in [-0.2, 0) is 16.1 Å². The number of nitrogens with one attached hydrogen (secondary N) is 1. The van der Waals surface area contributed by atoms with Gasteiger partial charge >= 0.3 is 0 Å². The molecule has 1 aromatic carbocycles. The number of amides is 1. The number of thiocarbonyl (C=S) groups is 1. The van der Waals surface area contributed by atoms with Gasteiger partial charge in [0.15, 0.2) is 0 Å². The van der Waals surface area contributed by atoms with Gasteiger partial charge in [-0.15, -0.1) is 0 Å². The fourth-order valence-corrected chi connectivity index (χ4v) is 5.47. The van der Waals surface area contributed by atoms with Crippen molar-refractivity contribution in [3.63, 3.8) is 0 Å². The van der Waals surface area contributed by atoms with Gasteiger partial charge in [0.2, 0.25) is 0 Å². The third-order valence-electron chi connectivity index (χ3n) is 6.22. The predicted molar refractivity (Wildman–Crippen MR) is 144 cm³/mol. The molecule has 1 atom stereocenters. The molecule has 3 aromatic rings. The van der Waals surface area contributed by atoms with Crippen LogP contribution >= 0.6 is 24.0 Å². The van der Waals surface area contributed by atoms with Gasteiger partial charge in [-0.3, -0.25) is 18.9 Å². The Balaban J connectivity index is 1.50. The lowest BCUT2D eigenvalue weighted by Gasteiger charge is -2.15. The van der Waals surface area contributed by atoms with E-state index in [1.807, 2.05) is 50.2 Å². The van der Waals surface area contributed by atoms with Crippen molar-refractivity contribution in [2.75, 3.05) is 18.5 Å². The molecule has 0 aliphatic carbocycles. The summed E-state index contributed by atoms with van der Waals surface area (Å²) in [7, 11) is 0. The number of aryl methyl sites for hydroxylation is 2. The molecule has 5 rings (SSSR count). The van der Waals surface area contributed by atoms with Crippen LogP contribution in [0.2, 0.25) is 0 Å². The number of hydrogen-bond donors (Lipinski definition) is 1. The van der Waals surface area contributed by atoms with Gasteiger partial charge in [0.05, 0.1) is 23.1 Å². The topological polar surface area (TPSA) is 75.9 Å². The van der Waals surface area contributed by atoms with Crippen molar-refractivity contribution in [3.8, 4) is 0 Å². The molecular formula is C26H26N4O3S2. The number of carbonyl (C=O) groups is 1. The number of benzene rings is 1. The molecular weight excluding hydrogens is 480 g/mol. The van der Waals surface area contributed by atoms with Crippen molar-refractivity contribution >= 4 is 51.7 Å². The molecule has 2 aromatic heterocycles. The molecule has 2 fully saturated rings. The summed E-state index contributed by atoms with van der Waals surface area (Å²) in [5, 5.41) is 3.31. The van der Waals surface area contributed by atoms with Gasteiger partial charge in [-0.1, -0.05) is 59.9 Å². The minimum absolute atomic E-state index is 0.0766. The van der Waals surface area contributed by atoms with Gasteiger partial charge in [0.25, 0.3) is 11.5 Å². The maximum atomic E-state index is 13.5. The van der Waals surface area contributed by atoms with E-state index in [2.05, 4.69) is 5.32 Å². The molecule has 1 unspecified atom stereocenters. The number of aromatic nitrogens is 2. The number of thioether (sulfide) groups is 1. The Morgan fingerprint density at radius 1 is 1.23 bits per heavy atom. The maximum Gasteiger partial charge on any atom is 0.267 e. The molecule has 0 saturated carbocycles. The number of hydrogen-bond acceptors (Lipinski definition) is 7. The molecule has 0 radical (unpaired) electrons. The molecule has 1 amide bonds. The first-order valence-electron chi connectivity index (χ1n) is 11.6. The Hall–Kier alpha value is -3.01. The summed E-state index contributed by atoms with van der Waals surface area (Å²) in [6, 6.07) is 11.7. The first-order valence-corrected chi connectivity index (χ1v) is 12.8. The zero-order chi connectivity index (χ0) is 24.5. The van der Waals surface area contributed by atoms with Crippen LogP contribution < -0.4 is 10.9 Å². The predicted octanol–water partition coefficient (Wildman–Crippen LogP) is 4.30. The van der Waals surface area contributed by atoms with Gasteiger partial charge in [0, 0.05) is 19.3 Å². The smallest absolute Gasteiger partial charge is 0.267 e. The van der Waals surface area contributed by atoms with Crippen LogP contribution in [0.15, 0.2) is 52.3 Å². The summed E-state index contributed by atoms with van der Waals surface area (Å²) in [5.41, 5.74) is 3.72. The van der Waals surface area contributed by atoms with Crippen molar-refractivity contribution in [1.29, 1.82) is 0 Å². The number of nitrogens with zero attached hydrogens (tertiary/aromatic N) is 3. The molecule has 9 heteroatoms. The first kappa shape index (κ1) is 23.7. The number of rotatable bonds is 6. The zero-order valence-corrected chi connectivity index (χ0v) is 21.2. The Bertz CT molecular complexity index is 1390. The second kappa shape index (κ2) is 9.93. The molecule has 180 valence electrons. The molecule has 2 aliphatic rings. The monoisotopic (exact) mass is 506 g/mol. The first-order chi connectivity index (χ1) is 16.9. The summed E-state index contributed by atoms with van der Waals surface area (Å²) >= 11 is 6.72. The summed E-state index contributed by atoms with van der Waals surface area (Å²) < 4.78 is 7.72. The quantitative estimate of drug-likeness (QED) is 0.395. The summed E-state index contributed by atoms with van der Waals surface area (Å²) in [6.07, 6.45) is 5.38. The third kappa shape index (κ3) is 4.89. The molecule has 35 heavy (non-hydrogen) atoms. The molecule has 0 spiro atoms. The van der Waals surface area contributed by atoms with Gasteiger partial charge < -0.3 is 10.1 Å². The fraction of sp³-hybridized carbons (Fsp3) is 0.308. The number of pyridine rings is 1. The Labute approximate surface area is 213 Å². The Morgan fingerprint density at radius 3 is 2.77 bits per heavy atom. The third-order valence-corrected chi connectivity index (χ3v) is 7.59. The molecule has 4 heterocycles. The molecule has 2 saturated heterocycles. The van der Waals surface area contributed by atoms with Crippen LogP contribution in [0.1, 0.15) is 35.1 Å². The maximum absolute atomic E-state index is 13.5. The molecule has 7 nitrogen and oxygen atoms in total. The summed E-state index contributed by atoms with van der Waals surface area (Å²) in [5.74, 6) is 0.239. The number of carbonyl (C=O) groups excluding carboxylic acids is 1. The van der Waals surface area contributed by atoms with E-state index in [4.69, 9.17) is 21.9 Å². The van der Waals surface area contributed by atoms with Crippen molar-refractivity contribution in [1.82, 2.24) is 14.3 Å². The summed E-state index contributed by atoms with van der Waals surface area (Å²) in [6.45, 7) is 5.62. The fourth-order valence-electron chi connectivity index (χ4n) is 4.24. The summed E-state index contributed by atoms with van der Waals surface area (Å²) in [4.78, 5) is 33.5.